The van der Waals surface area contributed by atoms with Crippen molar-refractivity contribution in [2.75, 3.05) is 18.9 Å². The number of aliphatic imine (C=N–C) groups is 1. The number of alkyl halides is 2. The number of aromatic nitrogens is 3. The Balaban J connectivity index is 1.72. The normalized spacial score (nSPS) is 11.4. The van der Waals surface area contributed by atoms with Gasteiger partial charge in [-0.05, 0) is 66.7 Å². The number of aliphatic carboxylic acids is 1. The van der Waals surface area contributed by atoms with Crippen molar-refractivity contribution in [1.82, 2.24) is 15.0 Å². The maximum Gasteiger partial charge on any atom is 0.341 e. The molecule has 9 nitrogen and oxygen atoms in total. The molecule has 0 aliphatic carbocycles. The summed E-state index contributed by atoms with van der Waals surface area (Å²) in [5.41, 5.74) is 8.78. The van der Waals surface area contributed by atoms with Crippen molar-refractivity contribution in [3.05, 3.63) is 94.9 Å². The van der Waals surface area contributed by atoms with E-state index in [4.69, 9.17) is 20.3 Å². The van der Waals surface area contributed by atoms with Gasteiger partial charge in [-0.1, -0.05) is 24.3 Å². The molecule has 0 bridgehead atoms. The zero-order valence-corrected chi connectivity index (χ0v) is 22.4. The third-order valence-corrected chi connectivity index (χ3v) is 5.94. The lowest BCUT2D eigenvalue weighted by Gasteiger charge is -2.17. The molecule has 0 saturated heterocycles. The van der Waals surface area contributed by atoms with Crippen molar-refractivity contribution in [2.45, 2.75) is 19.8 Å². The molecule has 0 atom stereocenters. The van der Waals surface area contributed by atoms with E-state index in [0.717, 1.165) is 5.56 Å². The molecule has 0 aliphatic rings. The Hall–Kier alpha value is -5.26. The Kier molecular flexibility index (Phi) is 9.48. The maximum absolute atomic E-state index is 13.7. The van der Waals surface area contributed by atoms with Crippen LogP contribution in [0, 0.1) is 12.7 Å². The largest absolute Gasteiger partial charge is 0.479 e. The maximum atomic E-state index is 13.7. The third-order valence-electron chi connectivity index (χ3n) is 5.94. The number of carboxylic acids is 1. The summed E-state index contributed by atoms with van der Waals surface area (Å²) in [5, 5.41) is 8.88. The lowest BCUT2D eigenvalue weighted by Crippen LogP contribution is -2.09. The first kappa shape index (κ1) is 29.7. The summed E-state index contributed by atoms with van der Waals surface area (Å²) in [7, 11) is 0. The Bertz CT molecular complexity index is 1630. The van der Waals surface area contributed by atoms with Crippen LogP contribution in [0.3, 0.4) is 0 Å². The number of nitrogens with zero attached hydrogens (tertiary/aromatic N) is 4. The summed E-state index contributed by atoms with van der Waals surface area (Å²) >= 11 is 0. The van der Waals surface area contributed by atoms with E-state index in [2.05, 4.69) is 26.7 Å². The molecule has 0 fully saturated rings. The Labute approximate surface area is 239 Å². The zero-order valence-electron chi connectivity index (χ0n) is 22.4. The summed E-state index contributed by atoms with van der Waals surface area (Å²) < 4.78 is 52.3. The van der Waals surface area contributed by atoms with E-state index in [1.165, 1.54) is 30.3 Å². The Morgan fingerprint density at radius 2 is 1.83 bits per heavy atom. The summed E-state index contributed by atoms with van der Waals surface area (Å²) in [4.78, 5) is 27.1. The second-order valence-electron chi connectivity index (χ2n) is 8.96. The molecule has 0 radical (unpaired) electrons. The Morgan fingerprint density at radius 3 is 2.52 bits per heavy atom. The quantitative estimate of drug-likeness (QED) is 0.157. The van der Waals surface area contributed by atoms with E-state index in [1.54, 1.807) is 31.2 Å². The van der Waals surface area contributed by atoms with Gasteiger partial charge in [-0.2, -0.15) is 4.98 Å². The van der Waals surface area contributed by atoms with Crippen molar-refractivity contribution < 1.29 is 32.5 Å². The van der Waals surface area contributed by atoms with Crippen LogP contribution in [-0.4, -0.2) is 46.0 Å². The first-order valence-corrected chi connectivity index (χ1v) is 12.6. The van der Waals surface area contributed by atoms with Crippen LogP contribution in [0.2, 0.25) is 0 Å². The van der Waals surface area contributed by atoms with Gasteiger partial charge in [0.2, 0.25) is 17.7 Å². The number of aryl methyl sites for hydroxylation is 1. The van der Waals surface area contributed by atoms with Gasteiger partial charge in [0, 0.05) is 23.8 Å². The van der Waals surface area contributed by atoms with Crippen LogP contribution >= 0.6 is 0 Å². The number of pyridine rings is 1. The Morgan fingerprint density at radius 1 is 1.10 bits per heavy atom. The highest BCUT2D eigenvalue weighted by Crippen LogP contribution is 2.39. The third kappa shape index (κ3) is 7.47. The fraction of sp³-hybridized carbons (Fsp3) is 0.167. The number of hydrogen-bond donors (Lipinski definition) is 2. The molecule has 12 heteroatoms. The van der Waals surface area contributed by atoms with Crippen LogP contribution in [0.15, 0.2) is 71.5 Å². The standard InChI is InChI=1S/C30H26F3N5O4/c1-17-13-21(14-23(36-17)28(32)33)26-27(19-7-9-22(31)10-8-19)37-30(34)38-29(26)41-12-11-18-5-3-4-6-20(18)15-24(35-2)42-16-25(39)40/h3-10,13-15,28H,2,11-12,16H2,1H3,(H,39,40)(H2,34,37,38)/b24-15+. The second-order valence-corrected chi connectivity index (χ2v) is 8.96. The van der Waals surface area contributed by atoms with Crippen molar-refractivity contribution in [2.24, 2.45) is 4.99 Å². The van der Waals surface area contributed by atoms with Gasteiger partial charge < -0.3 is 20.3 Å². The summed E-state index contributed by atoms with van der Waals surface area (Å²) in [6, 6.07) is 15.5. The summed E-state index contributed by atoms with van der Waals surface area (Å²) in [5.74, 6) is -1.68. The molecule has 42 heavy (non-hydrogen) atoms. The summed E-state index contributed by atoms with van der Waals surface area (Å²) in [6.07, 6.45) is -0.920. The summed E-state index contributed by atoms with van der Waals surface area (Å²) in [6.45, 7) is 4.50. The highest BCUT2D eigenvalue weighted by atomic mass is 19.3. The van der Waals surface area contributed by atoms with E-state index >= 15 is 0 Å². The van der Waals surface area contributed by atoms with E-state index in [-0.39, 0.29) is 35.6 Å². The fourth-order valence-electron chi connectivity index (χ4n) is 4.15. The van der Waals surface area contributed by atoms with Gasteiger partial charge in [0.05, 0.1) is 17.9 Å². The minimum absolute atomic E-state index is 0.0310. The van der Waals surface area contributed by atoms with Gasteiger partial charge in [0.15, 0.2) is 6.61 Å². The number of carboxylic acid groups (broad SMARTS) is 1. The highest BCUT2D eigenvalue weighted by Gasteiger charge is 2.21. The minimum atomic E-state index is -2.82. The average Bonchev–Trinajstić information content (AvgIpc) is 2.95. The number of ether oxygens (including phenoxy) is 2. The van der Waals surface area contributed by atoms with Crippen molar-refractivity contribution in [1.29, 1.82) is 0 Å². The number of carbonyl (C=O) groups is 1. The van der Waals surface area contributed by atoms with Crippen LogP contribution in [0.25, 0.3) is 28.5 Å². The average molecular weight is 578 g/mol. The van der Waals surface area contributed by atoms with E-state index in [1.807, 2.05) is 12.1 Å². The van der Waals surface area contributed by atoms with Crippen molar-refractivity contribution in [3.63, 3.8) is 0 Å². The smallest absolute Gasteiger partial charge is 0.341 e. The van der Waals surface area contributed by atoms with E-state index in [9.17, 15) is 18.0 Å². The first-order chi connectivity index (χ1) is 20.1. The predicted octanol–water partition coefficient (Wildman–Crippen LogP) is 5.89. The first-order valence-electron chi connectivity index (χ1n) is 12.6. The number of nitrogen functional groups attached to an aromatic ring is 1. The molecule has 0 amide bonds. The molecule has 4 rings (SSSR count). The molecule has 0 aliphatic heterocycles. The molecule has 2 aromatic carbocycles. The lowest BCUT2D eigenvalue weighted by molar-refractivity contribution is -0.140. The van der Waals surface area contributed by atoms with Crippen molar-refractivity contribution in [3.8, 4) is 28.3 Å². The lowest BCUT2D eigenvalue weighted by atomic mass is 9.99. The predicted molar refractivity (Wildman–Crippen MR) is 152 cm³/mol. The monoisotopic (exact) mass is 577 g/mol. The second kappa shape index (κ2) is 13.4. The van der Waals surface area contributed by atoms with Gasteiger partial charge in [-0.3, -0.25) is 4.98 Å². The van der Waals surface area contributed by atoms with Crippen LogP contribution in [-0.2, 0) is 16.0 Å². The topological polar surface area (TPSA) is 133 Å². The van der Waals surface area contributed by atoms with E-state index < -0.39 is 30.5 Å². The molecule has 0 spiro atoms. The van der Waals surface area contributed by atoms with Gasteiger partial charge in [-0.15, -0.1) is 0 Å². The zero-order chi connectivity index (χ0) is 30.2. The SMILES string of the molecule is C=N/C(=C\c1ccccc1CCOc1nc(N)nc(-c2ccc(F)cc2)c1-c1cc(C)nc(C(F)F)c1)OCC(=O)O. The molecule has 216 valence electrons. The van der Waals surface area contributed by atoms with Crippen LogP contribution in [0.4, 0.5) is 19.1 Å². The highest BCUT2D eigenvalue weighted by molar-refractivity contribution is 5.85. The fourth-order valence-corrected chi connectivity index (χ4v) is 4.15. The molecule has 3 N–H and O–H groups in total. The molecule has 4 aromatic rings. The van der Waals surface area contributed by atoms with Crippen LogP contribution in [0.5, 0.6) is 5.88 Å². The van der Waals surface area contributed by atoms with Gasteiger partial charge in [-0.25, -0.2) is 27.9 Å². The van der Waals surface area contributed by atoms with Gasteiger partial charge >= 0.3 is 5.97 Å². The van der Waals surface area contributed by atoms with E-state index in [0.29, 0.717) is 28.8 Å². The molecule has 2 heterocycles. The van der Waals surface area contributed by atoms with Crippen molar-refractivity contribution >= 4 is 24.7 Å². The number of anilines is 1. The number of halogens is 3. The molecular formula is C30H26F3N5O4. The van der Waals surface area contributed by atoms with Gasteiger partial charge in [0.1, 0.15) is 11.5 Å². The number of rotatable bonds is 12. The molecule has 2 aromatic heterocycles. The van der Waals surface area contributed by atoms with Crippen LogP contribution in [0.1, 0.15) is 28.9 Å². The molecular weight excluding hydrogens is 551 g/mol. The molecule has 0 saturated carbocycles. The minimum Gasteiger partial charge on any atom is -0.479 e. The van der Waals surface area contributed by atoms with Gasteiger partial charge in [0.25, 0.3) is 6.43 Å². The number of nitrogens with two attached hydrogens (primary N) is 1. The van der Waals surface area contributed by atoms with Crippen LogP contribution < -0.4 is 10.5 Å². The number of hydrogen-bond acceptors (Lipinski definition) is 8. The molecule has 0 unspecified atom stereocenters. The number of benzene rings is 2.